The van der Waals surface area contributed by atoms with Crippen LogP contribution in [0.5, 0.6) is 0 Å². The monoisotopic (exact) mass is 300 g/mol. The maximum absolute atomic E-state index is 8.91. The number of hydrogen-bond acceptors (Lipinski definition) is 3. The molecule has 1 aliphatic rings. The predicted molar refractivity (Wildman–Crippen MR) is 83.3 cm³/mol. The first-order valence-corrected chi connectivity index (χ1v) is 7.57. The van der Waals surface area contributed by atoms with Crippen LogP contribution in [0.25, 0.3) is 0 Å². The van der Waals surface area contributed by atoms with Gasteiger partial charge in [-0.05, 0) is 43.9 Å². The third-order valence-corrected chi connectivity index (χ3v) is 4.37. The molecule has 4 nitrogen and oxygen atoms in total. The molecule has 0 spiro atoms. The number of aromatic nitrogens is 2. The minimum Gasteiger partial charge on any atom is -0.382 e. The van der Waals surface area contributed by atoms with Crippen molar-refractivity contribution in [3.05, 3.63) is 47.5 Å². The van der Waals surface area contributed by atoms with Crippen LogP contribution in [-0.2, 0) is 0 Å². The molecule has 0 radical (unpaired) electrons. The Morgan fingerprint density at radius 3 is 3.00 bits per heavy atom. The molecule has 3 rings (SSSR count). The summed E-state index contributed by atoms with van der Waals surface area (Å²) in [6.07, 6.45) is 10.4. The summed E-state index contributed by atoms with van der Waals surface area (Å²) < 4.78 is 2.19. The second-order valence-electron chi connectivity index (χ2n) is 5.48. The number of nitrogens with one attached hydrogen (secondary N) is 1. The lowest BCUT2D eigenvalue weighted by Crippen LogP contribution is -2.28. The fourth-order valence-corrected chi connectivity index (χ4v) is 3.21. The van der Waals surface area contributed by atoms with Gasteiger partial charge in [0, 0.05) is 30.2 Å². The van der Waals surface area contributed by atoms with Gasteiger partial charge >= 0.3 is 0 Å². The number of nitriles is 1. The van der Waals surface area contributed by atoms with E-state index in [1.54, 1.807) is 6.07 Å². The van der Waals surface area contributed by atoms with Crippen LogP contribution < -0.4 is 5.32 Å². The Hall–Kier alpha value is -1.99. The van der Waals surface area contributed by atoms with Crippen LogP contribution in [0, 0.1) is 11.3 Å². The van der Waals surface area contributed by atoms with Crippen molar-refractivity contribution in [3.8, 4) is 6.07 Å². The average molecular weight is 301 g/mol. The molecule has 2 unspecified atom stereocenters. The van der Waals surface area contributed by atoms with E-state index in [4.69, 9.17) is 16.9 Å². The Kier molecular flexibility index (Phi) is 4.12. The van der Waals surface area contributed by atoms with Crippen molar-refractivity contribution in [2.75, 3.05) is 5.32 Å². The molecule has 0 saturated heterocycles. The van der Waals surface area contributed by atoms with Crippen molar-refractivity contribution in [3.63, 3.8) is 0 Å². The molecule has 0 bridgehead atoms. The Balaban J connectivity index is 1.67. The van der Waals surface area contributed by atoms with Crippen molar-refractivity contribution in [1.82, 2.24) is 9.55 Å². The van der Waals surface area contributed by atoms with E-state index in [1.165, 1.54) is 12.8 Å². The Labute approximate surface area is 129 Å². The van der Waals surface area contributed by atoms with Gasteiger partial charge in [0.15, 0.2) is 0 Å². The highest BCUT2D eigenvalue weighted by Crippen LogP contribution is 2.31. The van der Waals surface area contributed by atoms with Gasteiger partial charge < -0.3 is 9.88 Å². The highest BCUT2D eigenvalue weighted by atomic mass is 35.5. The Morgan fingerprint density at radius 1 is 1.38 bits per heavy atom. The molecular weight excluding hydrogens is 284 g/mol. The number of rotatable bonds is 3. The van der Waals surface area contributed by atoms with Crippen LogP contribution in [0.3, 0.4) is 0 Å². The molecule has 1 aliphatic carbocycles. The van der Waals surface area contributed by atoms with Gasteiger partial charge in [-0.25, -0.2) is 4.98 Å². The lowest BCUT2D eigenvalue weighted by molar-refractivity contribution is 0.331. The van der Waals surface area contributed by atoms with Crippen LogP contribution in [0.15, 0.2) is 36.9 Å². The molecule has 5 heteroatoms. The minimum absolute atomic E-state index is 0.426. The highest BCUT2D eigenvalue weighted by Gasteiger charge is 2.22. The maximum atomic E-state index is 8.91. The summed E-state index contributed by atoms with van der Waals surface area (Å²) in [6.45, 7) is 0. The van der Waals surface area contributed by atoms with Gasteiger partial charge in [0.2, 0.25) is 0 Å². The zero-order valence-electron chi connectivity index (χ0n) is 11.7. The van der Waals surface area contributed by atoms with Gasteiger partial charge in [-0.2, -0.15) is 5.26 Å². The van der Waals surface area contributed by atoms with E-state index in [9.17, 15) is 0 Å². The molecule has 2 aromatic rings. The van der Waals surface area contributed by atoms with E-state index in [2.05, 4.69) is 20.9 Å². The topological polar surface area (TPSA) is 53.6 Å². The minimum atomic E-state index is 0.426. The number of hydrogen-bond donors (Lipinski definition) is 1. The van der Waals surface area contributed by atoms with Crippen LogP contribution in [0.4, 0.5) is 5.69 Å². The molecule has 0 aliphatic heterocycles. The third kappa shape index (κ3) is 3.20. The van der Waals surface area contributed by atoms with Gasteiger partial charge in [-0.3, -0.25) is 0 Å². The average Bonchev–Trinajstić information content (AvgIpc) is 3.02. The molecule has 21 heavy (non-hydrogen) atoms. The standard InChI is InChI=1S/C16H17ClN4/c17-16-9-14(5-4-12(16)10-18)20-13-2-1-3-15(8-13)21-7-6-19-11-21/h4-7,9,11,13,15,20H,1-3,8H2. The maximum Gasteiger partial charge on any atom is 0.101 e. The molecule has 1 aromatic heterocycles. The summed E-state index contributed by atoms with van der Waals surface area (Å²) in [7, 11) is 0. The number of nitrogens with zero attached hydrogens (tertiary/aromatic N) is 3. The van der Waals surface area contributed by atoms with Crippen LogP contribution in [0.1, 0.15) is 37.3 Å². The summed E-state index contributed by atoms with van der Waals surface area (Å²) in [5, 5.41) is 12.9. The van der Waals surface area contributed by atoms with E-state index in [0.717, 1.165) is 18.5 Å². The fourth-order valence-electron chi connectivity index (χ4n) is 2.98. The first-order valence-electron chi connectivity index (χ1n) is 7.20. The molecule has 0 amide bonds. The van der Waals surface area contributed by atoms with Crippen molar-refractivity contribution in [2.45, 2.75) is 37.8 Å². The molecule has 108 valence electrons. The van der Waals surface area contributed by atoms with Crippen LogP contribution in [0.2, 0.25) is 5.02 Å². The summed E-state index contributed by atoms with van der Waals surface area (Å²) in [6, 6.07) is 8.54. The fraction of sp³-hybridized carbons (Fsp3) is 0.375. The second-order valence-corrected chi connectivity index (χ2v) is 5.89. The zero-order chi connectivity index (χ0) is 14.7. The summed E-state index contributed by atoms with van der Waals surface area (Å²) in [4.78, 5) is 4.13. The molecule has 1 heterocycles. The Bertz CT molecular complexity index is 645. The molecular formula is C16H17ClN4. The van der Waals surface area contributed by atoms with Crippen molar-refractivity contribution >= 4 is 17.3 Å². The normalized spacial score (nSPS) is 21.7. The van der Waals surface area contributed by atoms with Crippen LogP contribution >= 0.6 is 11.6 Å². The predicted octanol–water partition coefficient (Wildman–Crippen LogP) is 4.00. The molecule has 2 atom stereocenters. The number of benzene rings is 1. The van der Waals surface area contributed by atoms with E-state index in [-0.39, 0.29) is 0 Å². The SMILES string of the molecule is N#Cc1ccc(NC2CCCC(n3ccnc3)C2)cc1Cl. The lowest BCUT2D eigenvalue weighted by atomic mass is 9.90. The molecule has 1 N–H and O–H groups in total. The largest absolute Gasteiger partial charge is 0.382 e. The molecule has 1 saturated carbocycles. The lowest BCUT2D eigenvalue weighted by Gasteiger charge is -2.31. The first-order chi connectivity index (χ1) is 10.3. The summed E-state index contributed by atoms with van der Waals surface area (Å²) >= 11 is 6.08. The summed E-state index contributed by atoms with van der Waals surface area (Å²) in [5.41, 5.74) is 1.50. The smallest absolute Gasteiger partial charge is 0.101 e. The van der Waals surface area contributed by atoms with E-state index in [1.807, 2.05) is 30.9 Å². The van der Waals surface area contributed by atoms with Crippen molar-refractivity contribution < 1.29 is 0 Å². The van der Waals surface area contributed by atoms with Crippen molar-refractivity contribution in [2.24, 2.45) is 0 Å². The highest BCUT2D eigenvalue weighted by molar-refractivity contribution is 6.32. The van der Waals surface area contributed by atoms with E-state index < -0.39 is 0 Å². The number of anilines is 1. The Morgan fingerprint density at radius 2 is 2.29 bits per heavy atom. The van der Waals surface area contributed by atoms with Gasteiger partial charge in [-0.15, -0.1) is 0 Å². The molecule has 1 aromatic carbocycles. The number of halogens is 1. The van der Waals surface area contributed by atoms with Crippen LogP contribution in [-0.4, -0.2) is 15.6 Å². The quantitative estimate of drug-likeness (QED) is 0.932. The van der Waals surface area contributed by atoms with Gasteiger partial charge in [-0.1, -0.05) is 11.6 Å². The third-order valence-electron chi connectivity index (χ3n) is 4.05. The van der Waals surface area contributed by atoms with Gasteiger partial charge in [0.25, 0.3) is 0 Å². The van der Waals surface area contributed by atoms with Gasteiger partial charge in [0.1, 0.15) is 6.07 Å². The second kappa shape index (κ2) is 6.19. The van der Waals surface area contributed by atoms with Crippen molar-refractivity contribution in [1.29, 1.82) is 5.26 Å². The number of imidazole rings is 1. The van der Waals surface area contributed by atoms with E-state index >= 15 is 0 Å². The first kappa shape index (κ1) is 14.0. The van der Waals surface area contributed by atoms with E-state index in [0.29, 0.717) is 22.7 Å². The zero-order valence-corrected chi connectivity index (χ0v) is 12.4. The van der Waals surface area contributed by atoms with Gasteiger partial charge in [0.05, 0.1) is 16.9 Å². The summed E-state index contributed by atoms with van der Waals surface area (Å²) in [5.74, 6) is 0. The molecule has 1 fully saturated rings.